The van der Waals surface area contributed by atoms with Crippen molar-refractivity contribution in [3.8, 4) is 0 Å². The highest BCUT2D eigenvalue weighted by Gasteiger charge is 2.27. The third-order valence-electron chi connectivity index (χ3n) is 3.62. The van der Waals surface area contributed by atoms with Crippen LogP contribution >= 0.6 is 0 Å². The highest BCUT2D eigenvalue weighted by atomic mass is 32.2. The Morgan fingerprint density at radius 1 is 1.37 bits per heavy atom. The normalized spacial score (nSPS) is 19.7. The molecule has 1 fully saturated rings. The van der Waals surface area contributed by atoms with Crippen LogP contribution in [0.5, 0.6) is 0 Å². The van der Waals surface area contributed by atoms with Gasteiger partial charge in [0, 0.05) is 25.4 Å². The second-order valence-electron chi connectivity index (χ2n) is 5.55. The molecule has 0 radical (unpaired) electrons. The molecule has 0 aromatic carbocycles. The summed E-state index contributed by atoms with van der Waals surface area (Å²) in [5, 5.41) is 0. The van der Waals surface area contributed by atoms with Crippen molar-refractivity contribution in [2.24, 2.45) is 5.73 Å². The lowest BCUT2D eigenvalue weighted by molar-refractivity contribution is -0.134. The van der Waals surface area contributed by atoms with Gasteiger partial charge in [-0.3, -0.25) is 4.79 Å². The minimum Gasteiger partial charge on any atom is -0.341 e. The highest BCUT2D eigenvalue weighted by molar-refractivity contribution is 7.90. The molecule has 0 spiro atoms. The van der Waals surface area contributed by atoms with Crippen molar-refractivity contribution in [2.45, 2.75) is 31.3 Å². The largest absolute Gasteiger partial charge is 0.341 e. The first kappa shape index (κ1) is 16.4. The van der Waals surface area contributed by atoms with Gasteiger partial charge in [-0.05, 0) is 33.4 Å². The maximum Gasteiger partial charge on any atom is 0.239 e. The summed E-state index contributed by atoms with van der Waals surface area (Å²) in [7, 11) is 1.02. The molecule has 0 aromatic rings. The summed E-state index contributed by atoms with van der Waals surface area (Å²) < 4.78 is 22.1. The molecule has 1 heterocycles. The van der Waals surface area contributed by atoms with E-state index in [9.17, 15) is 13.2 Å². The van der Waals surface area contributed by atoms with Gasteiger partial charge in [0.1, 0.15) is 9.84 Å². The van der Waals surface area contributed by atoms with Crippen LogP contribution in [0, 0.1) is 0 Å². The van der Waals surface area contributed by atoms with Crippen LogP contribution in [-0.4, -0.2) is 75.4 Å². The maximum absolute atomic E-state index is 12.1. The first-order valence-corrected chi connectivity index (χ1v) is 8.65. The lowest BCUT2D eigenvalue weighted by Gasteiger charge is -2.36. The summed E-state index contributed by atoms with van der Waals surface area (Å²) in [6.45, 7) is 1.41. The third-order valence-corrected chi connectivity index (χ3v) is 4.60. The Kier molecular flexibility index (Phi) is 5.76. The summed E-state index contributed by atoms with van der Waals surface area (Å²) in [6.07, 6.45) is 3.24. The average molecular weight is 291 g/mol. The minimum absolute atomic E-state index is 0.0337. The molecule has 0 bridgehead atoms. The van der Waals surface area contributed by atoms with E-state index in [0.717, 1.165) is 19.1 Å². The second-order valence-corrected chi connectivity index (χ2v) is 7.80. The number of amides is 1. The minimum atomic E-state index is -3.06. The zero-order chi connectivity index (χ0) is 14.6. The van der Waals surface area contributed by atoms with E-state index in [4.69, 9.17) is 5.73 Å². The predicted octanol–water partition coefficient (Wildman–Crippen LogP) is -0.699. The molecule has 0 aliphatic carbocycles. The molecule has 2 N–H and O–H groups in total. The summed E-state index contributed by atoms with van der Waals surface area (Å²) in [5.74, 6) is -0.158. The fraction of sp³-hybridized carbons (Fsp3) is 0.917. The van der Waals surface area contributed by atoms with Crippen LogP contribution in [0.3, 0.4) is 0 Å². The van der Waals surface area contributed by atoms with Gasteiger partial charge in [-0.2, -0.15) is 0 Å². The Hall–Kier alpha value is -0.660. The van der Waals surface area contributed by atoms with Crippen LogP contribution in [0.2, 0.25) is 0 Å². The van der Waals surface area contributed by atoms with Gasteiger partial charge in [0.05, 0.1) is 11.8 Å². The lowest BCUT2D eigenvalue weighted by Crippen LogP contribution is -2.50. The third kappa shape index (κ3) is 5.46. The number of nitrogens with zero attached hydrogens (tertiary/aromatic N) is 2. The van der Waals surface area contributed by atoms with Crippen LogP contribution in [0.15, 0.2) is 0 Å². The van der Waals surface area contributed by atoms with Crippen molar-refractivity contribution in [1.82, 2.24) is 9.80 Å². The number of hydrogen-bond acceptors (Lipinski definition) is 5. The molecule has 1 aliphatic heterocycles. The number of likely N-dealkylation sites (tertiary alicyclic amines) is 1. The molecule has 0 aromatic heterocycles. The molecule has 1 saturated heterocycles. The zero-order valence-electron chi connectivity index (χ0n) is 12.0. The number of nitrogens with two attached hydrogens (primary N) is 1. The number of hydrogen-bond donors (Lipinski definition) is 1. The molecule has 1 atom stereocenters. The number of carbonyl (C=O) groups is 1. The van der Waals surface area contributed by atoms with Crippen molar-refractivity contribution in [1.29, 1.82) is 0 Å². The Labute approximate surface area is 115 Å². The molecule has 1 amide bonds. The summed E-state index contributed by atoms with van der Waals surface area (Å²) in [6, 6.07) is -0.193. The van der Waals surface area contributed by atoms with Gasteiger partial charge in [-0.25, -0.2) is 8.42 Å². The molecule has 0 saturated carbocycles. The smallest absolute Gasteiger partial charge is 0.239 e. The summed E-state index contributed by atoms with van der Waals surface area (Å²) in [4.78, 5) is 16.0. The Morgan fingerprint density at radius 2 is 1.89 bits per heavy atom. The van der Waals surface area contributed by atoms with E-state index in [-0.39, 0.29) is 18.1 Å². The maximum atomic E-state index is 12.1. The molecule has 1 unspecified atom stereocenters. The van der Waals surface area contributed by atoms with Crippen molar-refractivity contribution >= 4 is 15.7 Å². The first-order chi connectivity index (χ1) is 8.70. The van der Waals surface area contributed by atoms with Gasteiger partial charge in [-0.1, -0.05) is 0 Å². The molecule has 1 aliphatic rings. The average Bonchev–Trinajstić information content (AvgIpc) is 2.34. The van der Waals surface area contributed by atoms with E-state index in [2.05, 4.69) is 4.90 Å². The Balaban J connectivity index is 2.42. The summed E-state index contributed by atoms with van der Waals surface area (Å²) in [5.41, 5.74) is 5.78. The zero-order valence-corrected chi connectivity index (χ0v) is 12.8. The monoisotopic (exact) mass is 291 g/mol. The predicted molar refractivity (Wildman–Crippen MR) is 75.6 cm³/mol. The first-order valence-electron chi connectivity index (χ1n) is 6.59. The number of rotatable bonds is 5. The van der Waals surface area contributed by atoms with Gasteiger partial charge >= 0.3 is 0 Å². The quantitative estimate of drug-likeness (QED) is 0.724. The fourth-order valence-electron chi connectivity index (χ4n) is 2.30. The van der Waals surface area contributed by atoms with Crippen molar-refractivity contribution in [3.05, 3.63) is 0 Å². The molecule has 19 heavy (non-hydrogen) atoms. The van der Waals surface area contributed by atoms with Gasteiger partial charge in [-0.15, -0.1) is 0 Å². The standard InChI is InChI=1S/C12H25N3O3S/c1-14(2)10-4-7-15(8-5-10)12(16)11(13)6-9-19(3,17)18/h10-11H,4-9,13H2,1-3H3. The van der Waals surface area contributed by atoms with Crippen LogP contribution in [0.1, 0.15) is 19.3 Å². The number of sulfone groups is 1. The van der Waals surface area contributed by atoms with Crippen LogP contribution in [0.4, 0.5) is 0 Å². The van der Waals surface area contributed by atoms with Gasteiger partial charge in [0.25, 0.3) is 0 Å². The Morgan fingerprint density at radius 3 is 2.32 bits per heavy atom. The van der Waals surface area contributed by atoms with E-state index in [1.54, 1.807) is 4.90 Å². The van der Waals surface area contributed by atoms with E-state index >= 15 is 0 Å². The molecular weight excluding hydrogens is 266 g/mol. The van der Waals surface area contributed by atoms with Crippen LogP contribution < -0.4 is 5.73 Å². The molecular formula is C12H25N3O3S. The van der Waals surface area contributed by atoms with E-state index in [1.807, 2.05) is 14.1 Å². The molecule has 7 heteroatoms. The van der Waals surface area contributed by atoms with Gasteiger partial charge < -0.3 is 15.5 Å². The van der Waals surface area contributed by atoms with Crippen molar-refractivity contribution < 1.29 is 13.2 Å². The fourth-order valence-corrected chi connectivity index (χ4v) is 2.98. The summed E-state index contributed by atoms with van der Waals surface area (Å²) >= 11 is 0. The van der Waals surface area contributed by atoms with E-state index in [1.165, 1.54) is 0 Å². The highest BCUT2D eigenvalue weighted by Crippen LogP contribution is 2.15. The Bertz CT molecular complexity index is 400. The van der Waals surface area contributed by atoms with Gasteiger partial charge in [0.2, 0.25) is 5.91 Å². The number of piperidine rings is 1. The topological polar surface area (TPSA) is 83.7 Å². The van der Waals surface area contributed by atoms with Crippen LogP contribution in [0.25, 0.3) is 0 Å². The van der Waals surface area contributed by atoms with Crippen molar-refractivity contribution in [2.75, 3.05) is 39.2 Å². The van der Waals surface area contributed by atoms with Crippen molar-refractivity contribution in [3.63, 3.8) is 0 Å². The molecule has 6 nitrogen and oxygen atoms in total. The molecule has 1 rings (SSSR count). The van der Waals surface area contributed by atoms with Gasteiger partial charge in [0.15, 0.2) is 0 Å². The number of carbonyl (C=O) groups excluding carboxylic acids is 1. The van der Waals surface area contributed by atoms with E-state index in [0.29, 0.717) is 19.1 Å². The van der Waals surface area contributed by atoms with E-state index < -0.39 is 15.9 Å². The second kappa shape index (κ2) is 6.67. The SMILES string of the molecule is CN(C)C1CCN(C(=O)C(N)CCS(C)(=O)=O)CC1. The van der Waals surface area contributed by atoms with Crippen LogP contribution in [-0.2, 0) is 14.6 Å². The molecule has 112 valence electrons. The lowest BCUT2D eigenvalue weighted by atomic mass is 10.0.